The second-order valence-corrected chi connectivity index (χ2v) is 5.70. The van der Waals surface area contributed by atoms with E-state index in [0.717, 1.165) is 11.1 Å². The Balaban J connectivity index is 2.11. The van der Waals surface area contributed by atoms with Gasteiger partial charge in [-0.25, -0.2) is 0 Å². The van der Waals surface area contributed by atoms with Gasteiger partial charge in [-0.2, -0.15) is 0 Å². The molecule has 21 heavy (non-hydrogen) atoms. The summed E-state index contributed by atoms with van der Waals surface area (Å²) in [5.41, 5.74) is 1.75. The number of nitrogens with one attached hydrogen (secondary N) is 1. The molecule has 0 aliphatic heterocycles. The van der Waals surface area contributed by atoms with E-state index in [1.807, 2.05) is 31.2 Å². The number of hydrogen-bond acceptors (Lipinski definition) is 3. The Morgan fingerprint density at radius 3 is 2.95 bits per heavy atom. The molecule has 108 valence electrons. The number of benzene rings is 1. The second kappa shape index (κ2) is 7.28. The van der Waals surface area contributed by atoms with Crippen molar-refractivity contribution in [3.05, 3.63) is 56.7 Å². The van der Waals surface area contributed by atoms with Crippen molar-refractivity contribution in [1.29, 1.82) is 0 Å². The van der Waals surface area contributed by atoms with E-state index < -0.39 is 0 Å². The molecule has 2 rings (SSSR count). The van der Waals surface area contributed by atoms with E-state index >= 15 is 0 Å². The van der Waals surface area contributed by atoms with E-state index in [9.17, 15) is 4.79 Å². The zero-order chi connectivity index (χ0) is 15.2. The van der Waals surface area contributed by atoms with E-state index in [1.54, 1.807) is 11.4 Å². The predicted octanol–water partition coefficient (Wildman–Crippen LogP) is 3.24. The molecule has 0 bridgehead atoms. The van der Waals surface area contributed by atoms with Crippen LogP contribution in [0.25, 0.3) is 0 Å². The maximum atomic E-state index is 12.1. The van der Waals surface area contributed by atoms with Crippen molar-refractivity contribution in [3.63, 3.8) is 0 Å². The van der Waals surface area contributed by atoms with Crippen molar-refractivity contribution in [2.24, 2.45) is 0 Å². The summed E-state index contributed by atoms with van der Waals surface area (Å²) < 4.78 is 0. The Kier molecular flexibility index (Phi) is 5.40. The van der Waals surface area contributed by atoms with E-state index in [0.29, 0.717) is 9.90 Å². The van der Waals surface area contributed by atoms with Gasteiger partial charge < -0.3 is 10.4 Å². The summed E-state index contributed by atoms with van der Waals surface area (Å²) in [5, 5.41) is 13.9. The minimum absolute atomic E-state index is 0.161. The van der Waals surface area contributed by atoms with Gasteiger partial charge in [0.05, 0.1) is 11.1 Å². The van der Waals surface area contributed by atoms with Gasteiger partial charge in [0.2, 0.25) is 0 Å². The highest BCUT2D eigenvalue weighted by atomic mass is 35.5. The molecule has 5 heteroatoms. The lowest BCUT2D eigenvalue weighted by molar-refractivity contribution is 0.0944. The fourth-order valence-electron chi connectivity index (χ4n) is 1.83. The lowest BCUT2D eigenvalue weighted by Crippen LogP contribution is -2.26. The Bertz CT molecular complexity index is 700. The lowest BCUT2D eigenvalue weighted by Gasteiger charge is -2.14. The Labute approximate surface area is 132 Å². The molecule has 0 aliphatic rings. The van der Waals surface area contributed by atoms with E-state index in [1.165, 1.54) is 11.3 Å². The van der Waals surface area contributed by atoms with Crippen LogP contribution in [0.2, 0.25) is 5.02 Å². The van der Waals surface area contributed by atoms with Gasteiger partial charge in [0.15, 0.2) is 0 Å². The first-order chi connectivity index (χ1) is 10.1. The molecule has 2 aromatic rings. The van der Waals surface area contributed by atoms with Crippen molar-refractivity contribution < 1.29 is 9.90 Å². The number of amides is 1. The SMILES string of the molecule is CC(NC(=O)c1sccc1Cl)c1cccc(C#CCO)c1. The van der Waals surface area contributed by atoms with Crippen molar-refractivity contribution in [1.82, 2.24) is 5.32 Å². The Morgan fingerprint density at radius 2 is 2.29 bits per heavy atom. The molecular formula is C16H14ClNO2S. The third kappa shape index (κ3) is 4.08. The van der Waals surface area contributed by atoms with Crippen LogP contribution in [0, 0.1) is 11.8 Å². The zero-order valence-electron chi connectivity index (χ0n) is 11.4. The van der Waals surface area contributed by atoms with Crippen LogP contribution in [-0.4, -0.2) is 17.6 Å². The molecule has 3 nitrogen and oxygen atoms in total. The number of rotatable bonds is 3. The van der Waals surface area contributed by atoms with Crippen molar-refractivity contribution in [2.45, 2.75) is 13.0 Å². The van der Waals surface area contributed by atoms with Gasteiger partial charge in [0, 0.05) is 5.56 Å². The fourth-order valence-corrected chi connectivity index (χ4v) is 2.87. The average molecular weight is 320 g/mol. The number of carbonyl (C=O) groups is 1. The van der Waals surface area contributed by atoms with Gasteiger partial charge in [-0.1, -0.05) is 35.6 Å². The first-order valence-electron chi connectivity index (χ1n) is 6.35. The smallest absolute Gasteiger partial charge is 0.263 e. The van der Waals surface area contributed by atoms with Crippen LogP contribution in [0.3, 0.4) is 0 Å². The maximum absolute atomic E-state index is 12.1. The molecule has 1 aromatic carbocycles. The standard InChI is InChI=1S/C16H14ClNO2S/c1-11(18-16(20)15-14(17)7-9-21-15)13-6-2-4-12(10-13)5-3-8-19/h2,4,6-7,9-11,19H,8H2,1H3,(H,18,20). The first-order valence-corrected chi connectivity index (χ1v) is 7.61. The average Bonchev–Trinajstić information content (AvgIpc) is 2.91. The van der Waals surface area contributed by atoms with Gasteiger partial charge in [0.25, 0.3) is 5.91 Å². The maximum Gasteiger partial charge on any atom is 0.263 e. The summed E-state index contributed by atoms with van der Waals surface area (Å²) in [4.78, 5) is 12.6. The second-order valence-electron chi connectivity index (χ2n) is 4.38. The highest BCUT2D eigenvalue weighted by Gasteiger charge is 2.15. The molecule has 2 N–H and O–H groups in total. The molecule has 1 aromatic heterocycles. The van der Waals surface area contributed by atoms with Crippen LogP contribution in [0.1, 0.15) is 33.8 Å². The predicted molar refractivity (Wildman–Crippen MR) is 85.6 cm³/mol. The topological polar surface area (TPSA) is 49.3 Å². The van der Waals surface area contributed by atoms with E-state index in [-0.39, 0.29) is 18.6 Å². The number of aliphatic hydroxyl groups is 1. The van der Waals surface area contributed by atoms with Gasteiger partial charge in [-0.3, -0.25) is 4.79 Å². The van der Waals surface area contributed by atoms with Gasteiger partial charge in [0.1, 0.15) is 11.5 Å². The Morgan fingerprint density at radius 1 is 1.48 bits per heavy atom. The number of hydrogen-bond donors (Lipinski definition) is 2. The summed E-state index contributed by atoms with van der Waals surface area (Å²) in [6, 6.07) is 9.09. The van der Waals surface area contributed by atoms with Gasteiger partial charge >= 0.3 is 0 Å². The van der Waals surface area contributed by atoms with Crippen molar-refractivity contribution in [2.75, 3.05) is 6.61 Å². The quantitative estimate of drug-likeness (QED) is 0.853. The monoisotopic (exact) mass is 319 g/mol. The highest BCUT2D eigenvalue weighted by molar-refractivity contribution is 7.12. The fraction of sp³-hybridized carbons (Fsp3) is 0.188. The number of aliphatic hydroxyl groups excluding tert-OH is 1. The van der Waals surface area contributed by atoms with Gasteiger partial charge in [-0.15, -0.1) is 11.3 Å². The minimum atomic E-state index is -0.186. The molecule has 0 saturated carbocycles. The summed E-state index contributed by atoms with van der Waals surface area (Å²) in [6.45, 7) is 1.73. The third-order valence-corrected chi connectivity index (χ3v) is 4.21. The van der Waals surface area contributed by atoms with Crippen molar-refractivity contribution in [3.8, 4) is 11.8 Å². The van der Waals surface area contributed by atoms with Crippen LogP contribution in [0.15, 0.2) is 35.7 Å². The minimum Gasteiger partial charge on any atom is -0.384 e. The van der Waals surface area contributed by atoms with Crippen LogP contribution in [-0.2, 0) is 0 Å². The van der Waals surface area contributed by atoms with Gasteiger partial charge in [-0.05, 0) is 36.1 Å². The molecule has 0 fully saturated rings. The molecule has 0 spiro atoms. The zero-order valence-corrected chi connectivity index (χ0v) is 13.0. The summed E-state index contributed by atoms with van der Waals surface area (Å²) in [7, 11) is 0. The number of carbonyl (C=O) groups excluding carboxylic acids is 1. The molecule has 0 aliphatic carbocycles. The molecule has 0 radical (unpaired) electrons. The third-order valence-electron chi connectivity index (χ3n) is 2.87. The summed E-state index contributed by atoms with van der Waals surface area (Å²) in [5.74, 6) is 5.27. The molecule has 1 atom stereocenters. The van der Waals surface area contributed by atoms with Crippen LogP contribution >= 0.6 is 22.9 Å². The van der Waals surface area contributed by atoms with Crippen LogP contribution in [0.4, 0.5) is 0 Å². The summed E-state index contributed by atoms with van der Waals surface area (Å²) in [6.07, 6.45) is 0. The molecular weight excluding hydrogens is 306 g/mol. The largest absolute Gasteiger partial charge is 0.384 e. The first kappa shape index (κ1) is 15.6. The normalized spacial score (nSPS) is 11.4. The number of halogens is 1. The summed E-state index contributed by atoms with van der Waals surface area (Å²) >= 11 is 7.27. The lowest BCUT2D eigenvalue weighted by atomic mass is 10.1. The van der Waals surface area contributed by atoms with Crippen LogP contribution < -0.4 is 5.32 Å². The van der Waals surface area contributed by atoms with Crippen LogP contribution in [0.5, 0.6) is 0 Å². The molecule has 1 amide bonds. The Hall–Kier alpha value is -1.80. The highest BCUT2D eigenvalue weighted by Crippen LogP contribution is 2.23. The molecule has 0 saturated heterocycles. The molecule has 1 unspecified atom stereocenters. The van der Waals surface area contributed by atoms with Crippen molar-refractivity contribution >= 4 is 28.8 Å². The molecule has 1 heterocycles. The van der Waals surface area contributed by atoms with E-state index in [2.05, 4.69) is 17.2 Å². The number of thiophene rings is 1. The van der Waals surface area contributed by atoms with E-state index in [4.69, 9.17) is 16.7 Å².